The Morgan fingerprint density at radius 2 is 0.929 bits per heavy atom. The van der Waals surface area contributed by atoms with Gasteiger partial charge >= 0.3 is 5.97 Å². The monoisotopic (exact) mass is 997 g/mol. The summed E-state index contributed by atoms with van der Waals surface area (Å²) >= 11 is 0. The number of nitrogens with zero attached hydrogens (tertiary/aromatic N) is 1. The van der Waals surface area contributed by atoms with Crippen molar-refractivity contribution in [3.63, 3.8) is 0 Å². The molecule has 0 spiro atoms. The lowest BCUT2D eigenvalue weighted by Gasteiger charge is -2.30. The van der Waals surface area contributed by atoms with Gasteiger partial charge in [-0.15, -0.1) is 0 Å². The Bertz CT molecular complexity index is 1520. The number of unbranched alkanes of at least 4 members (excludes halogenated alkanes) is 19. The summed E-state index contributed by atoms with van der Waals surface area (Å²) in [5.74, 6) is -0.611. The minimum Gasteiger partial charge on any atom is -0.756 e. The third kappa shape index (κ3) is 49.9. The molecule has 0 aliphatic carbocycles. The first kappa shape index (κ1) is 66.9. The fraction of sp³-hybridized carbons (Fsp3) is 0.700. The van der Waals surface area contributed by atoms with E-state index in [1.807, 2.05) is 33.3 Å². The molecule has 402 valence electrons. The molecule has 1 N–H and O–H groups in total. The number of quaternary nitrogens is 1. The van der Waals surface area contributed by atoms with E-state index in [4.69, 9.17) is 13.8 Å². The molecule has 10 heteroatoms. The maximum Gasteiger partial charge on any atom is 0.306 e. The highest BCUT2D eigenvalue weighted by Gasteiger charge is 2.27. The summed E-state index contributed by atoms with van der Waals surface area (Å²) in [6.07, 6.45) is 65.2. The molecule has 0 aromatic carbocycles. The highest BCUT2D eigenvalue weighted by atomic mass is 31.2. The first-order valence-electron chi connectivity index (χ1n) is 28.0. The minimum atomic E-state index is -4.71. The first-order chi connectivity index (χ1) is 33.9. The van der Waals surface area contributed by atoms with Crippen LogP contribution in [-0.2, 0) is 27.9 Å². The number of likely N-dealkylation sites (N-methyl/N-ethyl adjacent to an activating group) is 1. The van der Waals surface area contributed by atoms with E-state index in [1.165, 1.54) is 64.2 Å². The lowest BCUT2D eigenvalue weighted by molar-refractivity contribution is -0.870. The van der Waals surface area contributed by atoms with E-state index >= 15 is 0 Å². The molecule has 0 fully saturated rings. The van der Waals surface area contributed by atoms with Crippen LogP contribution in [0, 0.1) is 0 Å². The van der Waals surface area contributed by atoms with Gasteiger partial charge in [0.05, 0.1) is 33.8 Å². The van der Waals surface area contributed by atoms with Crippen LogP contribution in [0.25, 0.3) is 0 Å². The Hall–Kier alpha value is -3.07. The molecule has 0 saturated carbocycles. The van der Waals surface area contributed by atoms with Crippen LogP contribution in [0.5, 0.6) is 0 Å². The second-order valence-electron chi connectivity index (χ2n) is 19.7. The highest BCUT2D eigenvalue weighted by Crippen LogP contribution is 2.38. The fourth-order valence-corrected chi connectivity index (χ4v) is 8.11. The number of amides is 1. The molecule has 0 rings (SSSR count). The van der Waals surface area contributed by atoms with E-state index in [-0.39, 0.29) is 24.9 Å². The van der Waals surface area contributed by atoms with Crippen LogP contribution in [0.1, 0.15) is 220 Å². The average molecular weight is 997 g/mol. The summed E-state index contributed by atoms with van der Waals surface area (Å²) < 4.78 is 30.1. The number of nitrogens with one attached hydrogen (secondary N) is 1. The molecule has 3 atom stereocenters. The van der Waals surface area contributed by atoms with Crippen LogP contribution in [0.15, 0.2) is 97.2 Å². The molecule has 9 nitrogen and oxygen atoms in total. The number of phosphoric ester groups is 1. The Kier molecular flexibility index (Phi) is 47.3. The maximum atomic E-state index is 13.4. The summed E-state index contributed by atoms with van der Waals surface area (Å²) in [7, 11) is 1.14. The molecule has 0 aromatic heterocycles. The minimum absolute atomic E-state index is 0.0355. The number of phosphoric acid groups is 1. The van der Waals surface area contributed by atoms with Crippen molar-refractivity contribution in [2.24, 2.45) is 0 Å². The fourth-order valence-electron chi connectivity index (χ4n) is 7.39. The highest BCUT2D eigenvalue weighted by molar-refractivity contribution is 7.45. The van der Waals surface area contributed by atoms with E-state index < -0.39 is 26.6 Å². The second-order valence-corrected chi connectivity index (χ2v) is 21.1. The number of carbonyl (C=O) groups excluding carboxylic acids is 2. The molecule has 0 bridgehead atoms. The van der Waals surface area contributed by atoms with Gasteiger partial charge < -0.3 is 28.5 Å². The summed E-state index contributed by atoms with van der Waals surface area (Å²) in [6, 6.07) is -0.914. The van der Waals surface area contributed by atoms with Gasteiger partial charge in [0.1, 0.15) is 19.3 Å². The number of esters is 1. The molecular weight excluding hydrogens is 892 g/mol. The van der Waals surface area contributed by atoms with Crippen molar-refractivity contribution < 1.29 is 37.3 Å². The van der Waals surface area contributed by atoms with Gasteiger partial charge in [-0.1, -0.05) is 202 Å². The van der Waals surface area contributed by atoms with Gasteiger partial charge in [-0.25, -0.2) is 0 Å². The normalized spacial score (nSPS) is 14.6. The second kappa shape index (κ2) is 49.5. The number of allylic oxidation sites excluding steroid dienone is 15. The van der Waals surface area contributed by atoms with Crippen LogP contribution in [0.3, 0.4) is 0 Å². The molecule has 1 amide bonds. The van der Waals surface area contributed by atoms with Gasteiger partial charge in [-0.05, 0) is 102 Å². The Balaban J connectivity index is 5.41. The molecule has 0 heterocycles. The van der Waals surface area contributed by atoms with Gasteiger partial charge in [-0.3, -0.25) is 14.2 Å². The predicted octanol–water partition coefficient (Wildman–Crippen LogP) is 16.2. The molecule has 0 saturated heterocycles. The zero-order valence-electron chi connectivity index (χ0n) is 45.7. The van der Waals surface area contributed by atoms with E-state index in [0.29, 0.717) is 23.9 Å². The van der Waals surface area contributed by atoms with Crippen molar-refractivity contribution in [2.45, 2.75) is 232 Å². The smallest absolute Gasteiger partial charge is 0.306 e. The van der Waals surface area contributed by atoms with Crippen molar-refractivity contribution in [2.75, 3.05) is 40.9 Å². The number of rotatable bonds is 49. The van der Waals surface area contributed by atoms with Gasteiger partial charge in [-0.2, -0.15) is 0 Å². The number of carbonyl (C=O) groups is 2. The zero-order valence-corrected chi connectivity index (χ0v) is 46.6. The maximum absolute atomic E-state index is 13.4. The van der Waals surface area contributed by atoms with Crippen molar-refractivity contribution >= 4 is 19.7 Å². The van der Waals surface area contributed by atoms with E-state index in [9.17, 15) is 19.0 Å². The number of hydrogen-bond acceptors (Lipinski definition) is 7. The van der Waals surface area contributed by atoms with Crippen LogP contribution in [-0.4, -0.2) is 69.4 Å². The molecule has 0 radical (unpaired) electrons. The van der Waals surface area contributed by atoms with Crippen molar-refractivity contribution in [1.82, 2.24) is 5.32 Å². The van der Waals surface area contributed by atoms with Gasteiger partial charge in [0.25, 0.3) is 7.82 Å². The first-order valence-corrected chi connectivity index (χ1v) is 29.5. The van der Waals surface area contributed by atoms with E-state index in [0.717, 1.165) is 116 Å². The average Bonchev–Trinajstić information content (AvgIpc) is 3.32. The van der Waals surface area contributed by atoms with Crippen LogP contribution >= 0.6 is 7.82 Å². The topological polar surface area (TPSA) is 114 Å². The van der Waals surface area contributed by atoms with Crippen molar-refractivity contribution in [1.29, 1.82) is 0 Å². The van der Waals surface area contributed by atoms with Crippen LogP contribution < -0.4 is 10.2 Å². The molecule has 70 heavy (non-hydrogen) atoms. The molecule has 0 aromatic rings. The lowest BCUT2D eigenvalue weighted by Crippen LogP contribution is -2.47. The van der Waals surface area contributed by atoms with Gasteiger partial charge in [0.15, 0.2) is 0 Å². The summed E-state index contributed by atoms with van der Waals surface area (Å²) in [5.41, 5.74) is 0. The molecule has 0 aliphatic heterocycles. The van der Waals surface area contributed by atoms with Gasteiger partial charge in [0.2, 0.25) is 5.91 Å². The Morgan fingerprint density at radius 1 is 0.514 bits per heavy atom. The van der Waals surface area contributed by atoms with Crippen LogP contribution in [0.4, 0.5) is 0 Å². The third-order valence-corrected chi connectivity index (χ3v) is 12.7. The molecule has 3 unspecified atom stereocenters. The Morgan fingerprint density at radius 3 is 1.44 bits per heavy atom. The predicted molar refractivity (Wildman–Crippen MR) is 297 cm³/mol. The summed E-state index contributed by atoms with van der Waals surface area (Å²) in [4.78, 5) is 39.7. The quantitative estimate of drug-likeness (QED) is 0.0212. The SMILES string of the molecule is CC/C=C\C/C=C\C/C=C\C/C=C\C/C=C\C/C=C\CCCCC(=O)OC(/C=C\CCCCCCCCCCCC)C(COP(=O)([O-])OCC[N+](C)(C)C)NC(=O)CCCCCCC/C=C\CCCC. The third-order valence-electron chi connectivity index (χ3n) is 11.7. The largest absolute Gasteiger partial charge is 0.756 e. The molecule has 0 aliphatic rings. The van der Waals surface area contributed by atoms with Gasteiger partial charge in [0, 0.05) is 12.8 Å². The van der Waals surface area contributed by atoms with E-state index in [2.05, 4.69) is 111 Å². The standard InChI is InChI=1S/C60H105N2O7P/c1-7-10-13-16-19-22-25-27-28-29-30-31-32-33-34-35-38-41-44-47-50-53-60(64)69-58(51-48-45-42-39-37-26-23-20-17-14-11-8-2)57(56-68-70(65,66)67-55-54-62(4,5)6)61-59(63)52-49-46-43-40-36-24-21-18-15-12-9-3/h10,13,18-19,21-22,27-28,30-31,33-34,38,41,48,51,57-58H,7-9,11-12,14-17,20,23-26,29,32,35-37,39-40,42-47,49-50,52-56H2,1-6H3,(H-,61,63,65,66)/b13-10-,21-18-,22-19-,28-27-,31-30-,34-33-,41-38-,51-48-. The van der Waals surface area contributed by atoms with Crippen LogP contribution in [0.2, 0.25) is 0 Å². The Labute approximate surface area is 430 Å². The summed E-state index contributed by atoms with van der Waals surface area (Å²) in [6.45, 7) is 6.62. The van der Waals surface area contributed by atoms with Crippen molar-refractivity contribution in [3.05, 3.63) is 97.2 Å². The number of ether oxygens (including phenoxy) is 1. The summed E-state index contributed by atoms with van der Waals surface area (Å²) in [5, 5.41) is 2.99. The molecular formula is C60H105N2O7P. The zero-order chi connectivity index (χ0) is 51.5. The lowest BCUT2D eigenvalue weighted by atomic mass is 10.0. The van der Waals surface area contributed by atoms with E-state index in [1.54, 1.807) is 0 Å². The van der Waals surface area contributed by atoms with Crippen molar-refractivity contribution in [3.8, 4) is 0 Å². The number of hydrogen-bond donors (Lipinski definition) is 1.